The third kappa shape index (κ3) is 3.88. The lowest BCUT2D eigenvalue weighted by Crippen LogP contribution is -2.33. The summed E-state index contributed by atoms with van der Waals surface area (Å²) in [6.45, 7) is 0.516. The first kappa shape index (κ1) is 19.2. The fourth-order valence-electron chi connectivity index (χ4n) is 3.77. The Hall–Kier alpha value is -3.15. The predicted octanol–water partition coefficient (Wildman–Crippen LogP) is 3.93. The minimum atomic E-state index is 0.131. The topological polar surface area (TPSA) is 63.8 Å². The summed E-state index contributed by atoms with van der Waals surface area (Å²) in [6.07, 6.45) is 4.41. The van der Waals surface area contributed by atoms with Crippen molar-refractivity contribution in [3.05, 3.63) is 53.7 Å². The molecule has 29 heavy (non-hydrogen) atoms. The molecule has 1 amide bonds. The van der Waals surface area contributed by atoms with Gasteiger partial charge in [0.15, 0.2) is 11.5 Å². The minimum absolute atomic E-state index is 0.131. The Balaban J connectivity index is 1.58. The molecule has 1 saturated carbocycles. The first-order chi connectivity index (χ1) is 14.1. The van der Waals surface area contributed by atoms with Crippen LogP contribution in [-0.2, 0) is 17.8 Å². The standard InChI is InChI=1S/C23H26N2O4/c1-27-20-10-15(11-21(28-2)23(20)29-3)14-25(17-8-9-17)22(26)12-16-13-24-19-7-5-4-6-18(16)19/h4-7,10-11,13,17,24H,8-9,12,14H2,1-3H3. The number of rotatable bonds is 8. The molecule has 6 heteroatoms. The molecule has 2 aromatic carbocycles. The highest BCUT2D eigenvalue weighted by Gasteiger charge is 2.33. The maximum absolute atomic E-state index is 13.2. The molecule has 4 rings (SSSR count). The largest absolute Gasteiger partial charge is 0.493 e. The Bertz CT molecular complexity index is 998. The maximum atomic E-state index is 13.2. The fourth-order valence-corrected chi connectivity index (χ4v) is 3.77. The number of aromatic nitrogens is 1. The molecular weight excluding hydrogens is 368 g/mol. The van der Waals surface area contributed by atoms with Crippen molar-refractivity contribution in [2.45, 2.75) is 31.8 Å². The van der Waals surface area contributed by atoms with Crippen LogP contribution in [0.15, 0.2) is 42.6 Å². The summed E-state index contributed by atoms with van der Waals surface area (Å²) in [5.41, 5.74) is 3.04. The molecule has 0 radical (unpaired) electrons. The van der Waals surface area contributed by atoms with E-state index >= 15 is 0 Å². The summed E-state index contributed by atoms with van der Waals surface area (Å²) in [7, 11) is 4.78. The Morgan fingerprint density at radius 2 is 1.76 bits per heavy atom. The van der Waals surface area contributed by atoms with Crippen molar-refractivity contribution in [1.82, 2.24) is 9.88 Å². The van der Waals surface area contributed by atoms with Crippen molar-refractivity contribution in [2.75, 3.05) is 21.3 Å². The van der Waals surface area contributed by atoms with Gasteiger partial charge in [-0.05, 0) is 42.2 Å². The number of fused-ring (bicyclic) bond motifs is 1. The van der Waals surface area contributed by atoms with Crippen molar-refractivity contribution in [1.29, 1.82) is 0 Å². The minimum Gasteiger partial charge on any atom is -0.493 e. The van der Waals surface area contributed by atoms with E-state index in [-0.39, 0.29) is 5.91 Å². The first-order valence-corrected chi connectivity index (χ1v) is 9.78. The summed E-state index contributed by atoms with van der Waals surface area (Å²) in [5.74, 6) is 1.89. The average molecular weight is 394 g/mol. The zero-order valence-electron chi connectivity index (χ0n) is 17.0. The number of nitrogens with one attached hydrogen (secondary N) is 1. The van der Waals surface area contributed by atoms with Crippen LogP contribution in [0.3, 0.4) is 0 Å². The Kier molecular flexibility index (Phi) is 5.34. The number of ether oxygens (including phenoxy) is 3. The van der Waals surface area contributed by atoms with Crippen LogP contribution in [0.25, 0.3) is 10.9 Å². The number of para-hydroxylation sites is 1. The van der Waals surface area contributed by atoms with Crippen LogP contribution in [0.2, 0.25) is 0 Å². The fraction of sp³-hybridized carbons (Fsp3) is 0.348. The molecule has 0 unspecified atom stereocenters. The highest BCUT2D eigenvalue weighted by Crippen LogP contribution is 2.39. The Morgan fingerprint density at radius 3 is 2.38 bits per heavy atom. The van der Waals surface area contributed by atoms with E-state index in [1.54, 1.807) is 21.3 Å². The molecule has 0 saturated heterocycles. The summed E-state index contributed by atoms with van der Waals surface area (Å²) in [5, 5.41) is 1.10. The van der Waals surface area contributed by atoms with E-state index in [4.69, 9.17) is 14.2 Å². The SMILES string of the molecule is COc1cc(CN(C(=O)Cc2c[nH]c3ccccc23)C2CC2)cc(OC)c1OC. The van der Waals surface area contributed by atoms with E-state index in [9.17, 15) is 4.79 Å². The maximum Gasteiger partial charge on any atom is 0.227 e. The van der Waals surface area contributed by atoms with Crippen molar-refractivity contribution in [2.24, 2.45) is 0 Å². The number of aromatic amines is 1. The third-order valence-corrected chi connectivity index (χ3v) is 5.40. The highest BCUT2D eigenvalue weighted by atomic mass is 16.5. The van der Waals surface area contributed by atoms with Gasteiger partial charge < -0.3 is 24.1 Å². The van der Waals surface area contributed by atoms with Crippen LogP contribution in [-0.4, -0.2) is 43.2 Å². The second kappa shape index (κ2) is 8.07. The number of carbonyl (C=O) groups is 1. The lowest BCUT2D eigenvalue weighted by atomic mass is 10.1. The number of hydrogen-bond acceptors (Lipinski definition) is 4. The van der Waals surface area contributed by atoms with Crippen molar-refractivity contribution in [3.8, 4) is 17.2 Å². The van der Waals surface area contributed by atoms with Crippen molar-refractivity contribution < 1.29 is 19.0 Å². The molecular formula is C23H26N2O4. The third-order valence-electron chi connectivity index (χ3n) is 5.40. The molecule has 6 nitrogen and oxygen atoms in total. The van der Waals surface area contributed by atoms with Gasteiger partial charge in [-0.2, -0.15) is 0 Å². The molecule has 3 aromatic rings. The quantitative estimate of drug-likeness (QED) is 0.629. The van der Waals surface area contributed by atoms with Gasteiger partial charge in [0.1, 0.15) is 0 Å². The highest BCUT2D eigenvalue weighted by molar-refractivity contribution is 5.89. The molecule has 1 aliphatic rings. The number of carbonyl (C=O) groups excluding carboxylic acids is 1. The second-order valence-electron chi connectivity index (χ2n) is 7.32. The summed E-state index contributed by atoms with van der Waals surface area (Å²) < 4.78 is 16.3. The zero-order chi connectivity index (χ0) is 20.4. The van der Waals surface area contributed by atoms with Gasteiger partial charge in [-0.1, -0.05) is 18.2 Å². The van der Waals surface area contributed by atoms with Gasteiger partial charge in [-0.25, -0.2) is 0 Å². The molecule has 1 fully saturated rings. The zero-order valence-corrected chi connectivity index (χ0v) is 17.0. The number of nitrogens with zero attached hydrogens (tertiary/aromatic N) is 1. The van der Waals surface area contributed by atoms with Crippen LogP contribution in [0.4, 0.5) is 0 Å². The van der Waals surface area contributed by atoms with Gasteiger partial charge in [-0.15, -0.1) is 0 Å². The van der Waals surface area contributed by atoms with Gasteiger partial charge in [0.05, 0.1) is 27.8 Å². The van der Waals surface area contributed by atoms with E-state index in [0.29, 0.717) is 36.3 Å². The number of amides is 1. The summed E-state index contributed by atoms with van der Waals surface area (Å²) in [4.78, 5) is 18.4. The van der Waals surface area contributed by atoms with Gasteiger partial charge >= 0.3 is 0 Å². The summed E-state index contributed by atoms with van der Waals surface area (Å²) >= 11 is 0. The van der Waals surface area contributed by atoms with Crippen molar-refractivity contribution in [3.63, 3.8) is 0 Å². The predicted molar refractivity (Wildman–Crippen MR) is 112 cm³/mol. The molecule has 1 aromatic heterocycles. The van der Waals surface area contributed by atoms with E-state index in [2.05, 4.69) is 11.1 Å². The van der Waals surface area contributed by atoms with E-state index < -0.39 is 0 Å². The van der Waals surface area contributed by atoms with Gasteiger partial charge in [0, 0.05) is 29.7 Å². The Morgan fingerprint density at radius 1 is 1.07 bits per heavy atom. The number of methoxy groups -OCH3 is 3. The molecule has 0 aliphatic heterocycles. The smallest absolute Gasteiger partial charge is 0.227 e. The lowest BCUT2D eigenvalue weighted by molar-refractivity contribution is -0.131. The van der Waals surface area contributed by atoms with Gasteiger partial charge in [-0.3, -0.25) is 4.79 Å². The van der Waals surface area contributed by atoms with Crippen molar-refractivity contribution >= 4 is 16.8 Å². The normalized spacial score (nSPS) is 13.3. The second-order valence-corrected chi connectivity index (χ2v) is 7.32. The molecule has 1 heterocycles. The number of H-pyrrole nitrogens is 1. The average Bonchev–Trinajstić information content (AvgIpc) is 3.52. The number of benzene rings is 2. The van der Waals surface area contributed by atoms with Crippen LogP contribution < -0.4 is 14.2 Å². The first-order valence-electron chi connectivity index (χ1n) is 9.78. The van der Waals surface area contributed by atoms with E-state index in [1.165, 1.54) is 0 Å². The Labute approximate surface area is 170 Å². The van der Waals surface area contributed by atoms with Gasteiger partial charge in [0.2, 0.25) is 11.7 Å². The van der Waals surface area contributed by atoms with Crippen LogP contribution in [0.5, 0.6) is 17.2 Å². The lowest BCUT2D eigenvalue weighted by Gasteiger charge is -2.24. The van der Waals surface area contributed by atoms with E-state index in [0.717, 1.165) is 34.9 Å². The van der Waals surface area contributed by atoms with Crippen LogP contribution >= 0.6 is 0 Å². The molecule has 1 N–H and O–H groups in total. The van der Waals surface area contributed by atoms with Crippen LogP contribution in [0.1, 0.15) is 24.0 Å². The molecule has 0 bridgehead atoms. The van der Waals surface area contributed by atoms with E-state index in [1.807, 2.05) is 41.4 Å². The monoisotopic (exact) mass is 394 g/mol. The van der Waals surface area contributed by atoms with Gasteiger partial charge in [0.25, 0.3) is 0 Å². The molecule has 0 atom stereocenters. The molecule has 0 spiro atoms. The van der Waals surface area contributed by atoms with Crippen LogP contribution in [0, 0.1) is 0 Å². The molecule has 152 valence electrons. The summed E-state index contributed by atoms with van der Waals surface area (Å²) in [6, 6.07) is 12.2. The number of hydrogen-bond donors (Lipinski definition) is 1. The molecule has 1 aliphatic carbocycles.